The van der Waals surface area contributed by atoms with Crippen LogP contribution in [0.1, 0.15) is 19.4 Å². The second-order valence-corrected chi connectivity index (χ2v) is 2.32. The molecular weight excluding hydrogens is 190 g/mol. The molecule has 0 radical (unpaired) electrons. The smallest absolute Gasteiger partial charge is 0.307 e. The van der Waals surface area contributed by atoms with Crippen molar-refractivity contribution in [3.63, 3.8) is 0 Å². The van der Waals surface area contributed by atoms with Crippen molar-refractivity contribution in [3.05, 3.63) is 35.4 Å². The molecule has 0 aliphatic rings. The van der Waals surface area contributed by atoms with E-state index in [2.05, 4.69) is 0 Å². The van der Waals surface area contributed by atoms with E-state index >= 15 is 0 Å². The summed E-state index contributed by atoms with van der Waals surface area (Å²) in [5.41, 5.74) is 0.251. The Balaban J connectivity index is 0.000000791. The Labute approximate surface area is 81.2 Å². The third-order valence-corrected chi connectivity index (χ3v) is 1.34. The second kappa shape index (κ2) is 6.07. The summed E-state index contributed by atoms with van der Waals surface area (Å²) in [7, 11) is 0. The van der Waals surface area contributed by atoms with Crippen LogP contribution < -0.4 is 0 Å². The molecule has 1 rings (SSSR count). The molecule has 0 fully saturated rings. The van der Waals surface area contributed by atoms with E-state index < -0.39 is 17.6 Å². The van der Waals surface area contributed by atoms with Crippen LogP contribution in [0.25, 0.3) is 0 Å². The number of carboxylic acid groups (broad SMARTS) is 1. The minimum absolute atomic E-state index is 0.251. The number of hydrogen-bond acceptors (Lipinski definition) is 1. The molecule has 14 heavy (non-hydrogen) atoms. The summed E-state index contributed by atoms with van der Waals surface area (Å²) in [6.45, 7) is 4.00. The maximum absolute atomic E-state index is 12.5. The maximum atomic E-state index is 12.5. The summed E-state index contributed by atoms with van der Waals surface area (Å²) in [5.74, 6) is -3.06. The Morgan fingerprint density at radius 1 is 1.29 bits per heavy atom. The Morgan fingerprint density at radius 2 is 1.86 bits per heavy atom. The molecular formula is C10H12F2O2. The lowest BCUT2D eigenvalue weighted by Crippen LogP contribution is -2.00. The van der Waals surface area contributed by atoms with E-state index in [-0.39, 0.29) is 12.0 Å². The van der Waals surface area contributed by atoms with Crippen molar-refractivity contribution in [2.75, 3.05) is 0 Å². The fourth-order valence-electron chi connectivity index (χ4n) is 0.824. The van der Waals surface area contributed by atoms with Gasteiger partial charge in [0.05, 0.1) is 6.42 Å². The van der Waals surface area contributed by atoms with Crippen LogP contribution in [0.3, 0.4) is 0 Å². The minimum atomic E-state index is -1.07. The molecule has 0 atom stereocenters. The van der Waals surface area contributed by atoms with Crippen molar-refractivity contribution < 1.29 is 18.7 Å². The molecule has 0 spiro atoms. The first-order valence-corrected chi connectivity index (χ1v) is 4.25. The normalized spacial score (nSPS) is 8.86. The van der Waals surface area contributed by atoms with Crippen LogP contribution in [0.5, 0.6) is 0 Å². The van der Waals surface area contributed by atoms with Crippen molar-refractivity contribution in [2.45, 2.75) is 20.3 Å². The van der Waals surface area contributed by atoms with Crippen LogP contribution >= 0.6 is 0 Å². The molecule has 0 amide bonds. The predicted octanol–water partition coefficient (Wildman–Crippen LogP) is 2.62. The number of benzene rings is 1. The molecule has 0 aliphatic carbocycles. The van der Waals surface area contributed by atoms with E-state index in [4.69, 9.17) is 5.11 Å². The van der Waals surface area contributed by atoms with Crippen LogP contribution in [-0.2, 0) is 11.2 Å². The van der Waals surface area contributed by atoms with E-state index in [1.807, 2.05) is 13.8 Å². The van der Waals surface area contributed by atoms with E-state index in [1.54, 1.807) is 0 Å². The predicted molar refractivity (Wildman–Crippen MR) is 49.0 cm³/mol. The lowest BCUT2D eigenvalue weighted by atomic mass is 10.1. The number of carboxylic acids is 1. The molecule has 78 valence electrons. The number of carbonyl (C=O) groups is 1. The van der Waals surface area contributed by atoms with Crippen LogP contribution in [0.4, 0.5) is 8.78 Å². The molecule has 4 heteroatoms. The summed E-state index contributed by atoms with van der Waals surface area (Å²) in [6.07, 6.45) is -0.294. The van der Waals surface area contributed by atoms with Crippen LogP contribution in [0.15, 0.2) is 18.2 Å². The van der Waals surface area contributed by atoms with Gasteiger partial charge < -0.3 is 5.11 Å². The molecule has 0 bridgehead atoms. The van der Waals surface area contributed by atoms with Gasteiger partial charge in [-0.05, 0) is 17.7 Å². The van der Waals surface area contributed by atoms with Crippen molar-refractivity contribution in [1.82, 2.24) is 0 Å². The van der Waals surface area contributed by atoms with E-state index in [1.165, 1.54) is 6.07 Å². The summed E-state index contributed by atoms with van der Waals surface area (Å²) in [4.78, 5) is 10.1. The summed E-state index contributed by atoms with van der Waals surface area (Å²) in [5, 5.41) is 8.31. The van der Waals surface area contributed by atoms with Crippen molar-refractivity contribution in [3.8, 4) is 0 Å². The Morgan fingerprint density at radius 3 is 2.29 bits per heavy atom. The third-order valence-electron chi connectivity index (χ3n) is 1.34. The monoisotopic (exact) mass is 202 g/mol. The SMILES string of the molecule is CC.O=C(O)Cc1ccc(F)c(F)c1. The van der Waals surface area contributed by atoms with Crippen molar-refractivity contribution >= 4 is 5.97 Å². The molecule has 1 N–H and O–H groups in total. The third kappa shape index (κ3) is 3.98. The fourth-order valence-corrected chi connectivity index (χ4v) is 0.824. The summed E-state index contributed by atoms with van der Waals surface area (Å²) in [6, 6.07) is 3.03. The molecule has 1 aromatic carbocycles. The van der Waals surface area contributed by atoms with Crippen LogP contribution in [-0.4, -0.2) is 11.1 Å². The zero-order chi connectivity index (χ0) is 11.1. The Hall–Kier alpha value is -1.45. The van der Waals surface area contributed by atoms with Gasteiger partial charge in [-0.3, -0.25) is 4.79 Å². The molecule has 1 aromatic rings. The highest BCUT2D eigenvalue weighted by molar-refractivity contribution is 5.70. The van der Waals surface area contributed by atoms with Crippen molar-refractivity contribution in [1.29, 1.82) is 0 Å². The Kier molecular flexibility index (Phi) is 5.44. The quantitative estimate of drug-likeness (QED) is 0.800. The maximum Gasteiger partial charge on any atom is 0.307 e. The van der Waals surface area contributed by atoms with Gasteiger partial charge in [0.15, 0.2) is 11.6 Å². The number of aliphatic carboxylic acids is 1. The minimum Gasteiger partial charge on any atom is -0.481 e. The van der Waals surface area contributed by atoms with E-state index in [9.17, 15) is 13.6 Å². The average molecular weight is 202 g/mol. The molecule has 0 aliphatic heterocycles. The molecule has 0 heterocycles. The Bertz CT molecular complexity index is 311. The highest BCUT2D eigenvalue weighted by Crippen LogP contribution is 2.08. The number of hydrogen-bond donors (Lipinski definition) is 1. The van der Waals surface area contributed by atoms with Gasteiger partial charge >= 0.3 is 5.97 Å². The largest absolute Gasteiger partial charge is 0.481 e. The zero-order valence-corrected chi connectivity index (χ0v) is 8.05. The van der Waals surface area contributed by atoms with Crippen molar-refractivity contribution in [2.24, 2.45) is 0 Å². The lowest BCUT2D eigenvalue weighted by molar-refractivity contribution is -0.136. The number of rotatable bonds is 2. The molecule has 2 nitrogen and oxygen atoms in total. The van der Waals surface area contributed by atoms with Gasteiger partial charge in [-0.1, -0.05) is 19.9 Å². The lowest BCUT2D eigenvalue weighted by Gasteiger charge is -1.97. The van der Waals surface area contributed by atoms with Gasteiger partial charge in [0.25, 0.3) is 0 Å². The second-order valence-electron chi connectivity index (χ2n) is 2.32. The van der Waals surface area contributed by atoms with Gasteiger partial charge in [0, 0.05) is 0 Å². The topological polar surface area (TPSA) is 37.3 Å². The molecule has 0 aromatic heterocycles. The molecule has 0 saturated heterocycles. The summed E-state index contributed by atoms with van der Waals surface area (Å²) < 4.78 is 24.8. The van der Waals surface area contributed by atoms with Gasteiger partial charge in [-0.15, -0.1) is 0 Å². The first-order chi connectivity index (χ1) is 6.59. The van der Waals surface area contributed by atoms with E-state index in [0.717, 1.165) is 12.1 Å². The highest BCUT2D eigenvalue weighted by atomic mass is 19.2. The first-order valence-electron chi connectivity index (χ1n) is 4.25. The fraction of sp³-hybridized carbons (Fsp3) is 0.300. The zero-order valence-electron chi connectivity index (χ0n) is 8.05. The number of halogens is 2. The standard InChI is InChI=1S/C8H6F2O2.C2H6/c9-6-2-1-5(3-7(6)10)4-8(11)12;1-2/h1-3H,4H2,(H,11,12);1-2H3. The van der Waals surface area contributed by atoms with Gasteiger partial charge in [-0.2, -0.15) is 0 Å². The van der Waals surface area contributed by atoms with Gasteiger partial charge in [0.1, 0.15) is 0 Å². The molecule has 0 unspecified atom stereocenters. The van der Waals surface area contributed by atoms with E-state index in [0.29, 0.717) is 0 Å². The van der Waals surface area contributed by atoms with Crippen LogP contribution in [0, 0.1) is 11.6 Å². The molecule has 0 saturated carbocycles. The first kappa shape index (κ1) is 12.6. The van der Waals surface area contributed by atoms with Gasteiger partial charge in [0.2, 0.25) is 0 Å². The average Bonchev–Trinajstić information content (AvgIpc) is 2.14. The summed E-state index contributed by atoms with van der Waals surface area (Å²) >= 11 is 0. The van der Waals surface area contributed by atoms with Gasteiger partial charge in [-0.25, -0.2) is 8.78 Å². The highest BCUT2D eigenvalue weighted by Gasteiger charge is 2.04. The van der Waals surface area contributed by atoms with Crippen LogP contribution in [0.2, 0.25) is 0 Å².